The number of nitrogens with one attached hydrogen (secondary N) is 1. The van der Waals surface area contributed by atoms with E-state index in [0.717, 1.165) is 69.5 Å². The maximum atomic E-state index is 13.2. The molecule has 2 saturated heterocycles. The monoisotopic (exact) mass is 706 g/mol. The van der Waals surface area contributed by atoms with E-state index in [2.05, 4.69) is 43.5 Å². The summed E-state index contributed by atoms with van der Waals surface area (Å²) in [4.78, 5) is 51.8. The Labute approximate surface area is 290 Å². The average molecular weight is 708 g/mol. The van der Waals surface area contributed by atoms with E-state index in [1.54, 1.807) is 19.3 Å². The number of aromatic nitrogens is 4. The van der Waals surface area contributed by atoms with Crippen molar-refractivity contribution in [2.24, 2.45) is 5.92 Å². The summed E-state index contributed by atoms with van der Waals surface area (Å²) in [5, 5.41) is 11.2. The van der Waals surface area contributed by atoms with Crippen LogP contribution >= 0.6 is 34.5 Å². The maximum Gasteiger partial charge on any atom is 0.348 e. The zero-order chi connectivity index (χ0) is 33.7. The van der Waals surface area contributed by atoms with Crippen molar-refractivity contribution in [2.75, 3.05) is 81.9 Å². The molecule has 0 amide bonds. The van der Waals surface area contributed by atoms with Crippen molar-refractivity contribution in [3.8, 4) is 11.4 Å². The summed E-state index contributed by atoms with van der Waals surface area (Å²) in [5.74, 6) is -0.442. The second-order valence-electron chi connectivity index (χ2n) is 12.0. The fraction of sp³-hybridized carbons (Fsp3) is 0.594. The van der Waals surface area contributed by atoms with Crippen LogP contribution in [0.2, 0.25) is 10.0 Å². The van der Waals surface area contributed by atoms with E-state index in [9.17, 15) is 14.7 Å². The Hall–Kier alpha value is -2.81. The predicted octanol–water partition coefficient (Wildman–Crippen LogP) is 5.21. The number of ether oxygens (including phenoxy) is 1. The number of carboxylic acid groups (broad SMARTS) is 1. The number of hydrogen-bond donors (Lipinski definition) is 2. The summed E-state index contributed by atoms with van der Waals surface area (Å²) in [7, 11) is 0. The molecule has 256 valence electrons. The van der Waals surface area contributed by atoms with Crippen LogP contribution in [-0.4, -0.2) is 125 Å². The first-order valence-electron chi connectivity index (χ1n) is 16.3. The van der Waals surface area contributed by atoms with Crippen molar-refractivity contribution >= 4 is 57.2 Å². The van der Waals surface area contributed by atoms with E-state index >= 15 is 0 Å². The van der Waals surface area contributed by atoms with Gasteiger partial charge in [0.25, 0.3) is 0 Å². The molecule has 47 heavy (non-hydrogen) atoms. The minimum Gasteiger partial charge on any atom is -0.477 e. The zero-order valence-corrected chi connectivity index (χ0v) is 29.8. The number of carbonyl (C=O) groups excluding carboxylic acids is 1. The van der Waals surface area contributed by atoms with Crippen molar-refractivity contribution in [3.05, 3.63) is 38.7 Å². The van der Waals surface area contributed by atoms with Crippen molar-refractivity contribution in [1.82, 2.24) is 29.7 Å². The van der Waals surface area contributed by atoms with Crippen LogP contribution < -0.4 is 9.80 Å². The van der Waals surface area contributed by atoms with Crippen LogP contribution in [0.15, 0.2) is 12.4 Å². The van der Waals surface area contributed by atoms with Crippen molar-refractivity contribution in [1.29, 1.82) is 0 Å². The largest absolute Gasteiger partial charge is 0.477 e. The Morgan fingerprint density at radius 1 is 1.06 bits per heavy atom. The lowest BCUT2D eigenvalue weighted by atomic mass is 9.88. The van der Waals surface area contributed by atoms with Gasteiger partial charge < -0.3 is 29.5 Å². The number of aromatic amines is 1. The lowest BCUT2D eigenvalue weighted by molar-refractivity contribution is 0.0103. The maximum absolute atomic E-state index is 13.2. The van der Waals surface area contributed by atoms with Gasteiger partial charge in [0.15, 0.2) is 10.9 Å². The molecular weight excluding hydrogens is 663 g/mol. The van der Waals surface area contributed by atoms with E-state index in [1.807, 2.05) is 11.8 Å². The zero-order valence-electron chi connectivity index (χ0n) is 27.5. The molecule has 0 saturated carbocycles. The van der Waals surface area contributed by atoms with E-state index in [4.69, 9.17) is 32.9 Å². The molecule has 0 bridgehead atoms. The number of hydrogen-bond acceptors (Lipinski definition) is 11. The molecule has 2 N–H and O–H groups in total. The van der Waals surface area contributed by atoms with E-state index in [-0.39, 0.29) is 34.1 Å². The fourth-order valence-electron chi connectivity index (χ4n) is 6.27. The number of rotatable bonds is 14. The first kappa shape index (κ1) is 35.5. The number of aromatic carboxylic acids is 1. The van der Waals surface area contributed by atoms with E-state index < -0.39 is 5.97 Å². The van der Waals surface area contributed by atoms with E-state index in [1.165, 1.54) is 0 Å². The molecule has 5 rings (SSSR count). The quantitative estimate of drug-likeness (QED) is 0.214. The number of piperidine rings is 1. The highest BCUT2D eigenvalue weighted by Gasteiger charge is 2.35. The second kappa shape index (κ2) is 16.1. The van der Waals surface area contributed by atoms with Gasteiger partial charge >= 0.3 is 5.97 Å². The molecule has 0 unspecified atom stereocenters. The Morgan fingerprint density at radius 2 is 1.81 bits per heavy atom. The highest BCUT2D eigenvalue weighted by Crippen LogP contribution is 2.37. The fourth-order valence-corrected chi connectivity index (χ4v) is 7.66. The molecule has 2 aliphatic heterocycles. The summed E-state index contributed by atoms with van der Waals surface area (Å²) in [6.45, 7) is 17.6. The van der Waals surface area contributed by atoms with Crippen LogP contribution in [0.25, 0.3) is 11.4 Å². The smallest absolute Gasteiger partial charge is 0.348 e. The normalized spacial score (nSPS) is 19.1. The van der Waals surface area contributed by atoms with Crippen LogP contribution in [0.3, 0.4) is 0 Å². The Bertz CT molecular complexity index is 1520. The van der Waals surface area contributed by atoms with Gasteiger partial charge in [-0.15, -0.1) is 0 Å². The third-order valence-corrected chi connectivity index (χ3v) is 11.2. The number of piperazine rings is 1. The Kier molecular flexibility index (Phi) is 12.1. The minimum atomic E-state index is -1.06. The van der Waals surface area contributed by atoms with Gasteiger partial charge in [0.1, 0.15) is 27.8 Å². The molecule has 0 spiro atoms. The molecule has 12 nitrogen and oxygen atoms in total. The molecule has 15 heteroatoms. The highest BCUT2D eigenvalue weighted by molar-refractivity contribution is 7.17. The number of ketones is 1. The lowest BCUT2D eigenvalue weighted by Crippen LogP contribution is -2.48. The van der Waals surface area contributed by atoms with Gasteiger partial charge in [-0.2, -0.15) is 0 Å². The van der Waals surface area contributed by atoms with Crippen LogP contribution in [0.5, 0.6) is 0 Å². The van der Waals surface area contributed by atoms with Gasteiger partial charge in [0.2, 0.25) is 0 Å². The first-order valence-corrected chi connectivity index (χ1v) is 17.9. The summed E-state index contributed by atoms with van der Waals surface area (Å²) < 4.78 is 6.09. The van der Waals surface area contributed by atoms with Gasteiger partial charge in [0, 0.05) is 71.1 Å². The number of anilines is 2. The third-order valence-electron chi connectivity index (χ3n) is 9.14. The topological polar surface area (TPSA) is 131 Å². The summed E-state index contributed by atoms with van der Waals surface area (Å²) in [6.07, 6.45) is 4.00. The Balaban J connectivity index is 1.24. The molecule has 3 aromatic heterocycles. The van der Waals surface area contributed by atoms with Crippen molar-refractivity contribution in [2.45, 2.75) is 46.6 Å². The second-order valence-corrected chi connectivity index (χ2v) is 13.7. The lowest BCUT2D eigenvalue weighted by Gasteiger charge is -2.38. The number of carboxylic acids is 1. The average Bonchev–Trinajstić information content (AvgIpc) is 3.64. The summed E-state index contributed by atoms with van der Waals surface area (Å²) in [5.41, 5.74) is 1.70. The van der Waals surface area contributed by atoms with Crippen LogP contribution in [0, 0.1) is 12.8 Å². The molecule has 2 atom stereocenters. The van der Waals surface area contributed by atoms with Crippen LogP contribution in [0.1, 0.15) is 59.5 Å². The van der Waals surface area contributed by atoms with Gasteiger partial charge in [-0.05, 0) is 39.3 Å². The number of thiazole rings is 1. The molecular formula is C32H44Cl2N8O4S. The number of H-pyrrole nitrogens is 1. The number of Topliss-reactive ketones (excluding diaryl/α,β-unsaturated/α-hetero) is 1. The van der Waals surface area contributed by atoms with Crippen LogP contribution in [0.4, 0.5) is 10.9 Å². The standard InChI is InChI=1S/C32H44Cl2N8O4S/c1-5-39(6-2)10-11-40-12-14-41(15-13-40)25-18-35-22(17-36-25)28-30(31(44)45)47-32(38-28)42-9-8-21(24(19-42)46-7-3)16-23(43)29-27(34)26(33)20(4)37-29/h17-18,21,24,37H,5-16,19H2,1-4H3,(H,44,45)/t21-,24-/m0/s1. The van der Waals surface area contributed by atoms with Crippen LogP contribution in [-0.2, 0) is 4.74 Å². The predicted molar refractivity (Wildman–Crippen MR) is 187 cm³/mol. The van der Waals surface area contributed by atoms with E-state index in [0.29, 0.717) is 59.0 Å². The molecule has 0 radical (unpaired) electrons. The highest BCUT2D eigenvalue weighted by atomic mass is 35.5. The molecule has 2 aliphatic rings. The van der Waals surface area contributed by atoms with Gasteiger partial charge in [-0.25, -0.2) is 19.7 Å². The number of aryl methyl sites for hydroxylation is 1. The van der Waals surface area contributed by atoms with Crippen molar-refractivity contribution < 1.29 is 19.4 Å². The molecule has 0 aromatic carbocycles. The Morgan fingerprint density at radius 3 is 2.40 bits per heavy atom. The molecule has 2 fully saturated rings. The van der Waals surface area contributed by atoms with Gasteiger partial charge in [0.05, 0.1) is 28.5 Å². The number of nitrogens with zero attached hydrogens (tertiary/aromatic N) is 7. The van der Waals surface area contributed by atoms with Gasteiger partial charge in [-0.3, -0.25) is 9.69 Å². The first-order chi connectivity index (χ1) is 22.6. The number of carbonyl (C=O) groups is 2. The molecule has 5 heterocycles. The van der Waals surface area contributed by atoms with Gasteiger partial charge in [-0.1, -0.05) is 48.4 Å². The molecule has 3 aromatic rings. The molecule has 0 aliphatic carbocycles. The van der Waals surface area contributed by atoms with Crippen molar-refractivity contribution in [3.63, 3.8) is 0 Å². The SMILES string of the molecule is CCO[C@H]1CN(c2nc(-c3cnc(N4CCN(CCN(CC)CC)CC4)cn3)c(C(=O)O)s2)CC[C@H]1CC(=O)c1[nH]c(C)c(Cl)c1Cl. The summed E-state index contributed by atoms with van der Waals surface area (Å²) >= 11 is 13.6. The minimum absolute atomic E-state index is 0.0434. The third kappa shape index (κ3) is 8.26. The number of halogens is 2. The summed E-state index contributed by atoms with van der Waals surface area (Å²) in [6, 6.07) is 0. The number of likely N-dealkylation sites (N-methyl/N-ethyl adjacent to an activating group) is 1.